The van der Waals surface area contributed by atoms with Gasteiger partial charge >= 0.3 is 5.97 Å². The number of methoxy groups -OCH3 is 1. The topological polar surface area (TPSA) is 69.9 Å². The summed E-state index contributed by atoms with van der Waals surface area (Å²) in [6, 6.07) is 14.4. The third kappa shape index (κ3) is 4.72. The third-order valence-corrected chi connectivity index (χ3v) is 6.64. The number of fused-ring (bicyclic) bond motifs is 1. The number of aromatic nitrogens is 1. The number of carbonyl (C=O) groups excluding carboxylic acids is 1. The van der Waals surface area contributed by atoms with E-state index in [0.29, 0.717) is 26.4 Å². The lowest BCUT2D eigenvalue weighted by atomic mass is 9.96. The monoisotopic (exact) mass is 526 g/mol. The molecular formula is C25H23BrN2O4S. The van der Waals surface area contributed by atoms with Crippen LogP contribution in [0.1, 0.15) is 37.9 Å². The number of thiazole rings is 1. The number of benzene rings is 2. The van der Waals surface area contributed by atoms with Gasteiger partial charge in [-0.15, -0.1) is 0 Å². The minimum atomic E-state index is -0.650. The molecule has 0 fully saturated rings. The molecule has 0 radical (unpaired) electrons. The van der Waals surface area contributed by atoms with Gasteiger partial charge in [0.25, 0.3) is 5.56 Å². The number of halogens is 1. The van der Waals surface area contributed by atoms with Gasteiger partial charge in [-0.2, -0.15) is 0 Å². The van der Waals surface area contributed by atoms with Crippen LogP contribution in [0.25, 0.3) is 6.08 Å². The average Bonchev–Trinajstić information content (AvgIpc) is 3.07. The van der Waals surface area contributed by atoms with E-state index in [1.165, 1.54) is 11.3 Å². The van der Waals surface area contributed by atoms with Crippen molar-refractivity contribution in [2.24, 2.45) is 4.99 Å². The molecule has 2 heterocycles. The SMILES string of the molecule is COc1ccc(C2C(C(=O)OC(C)C)=C(C)N=c3sc(=Cc4cccc(Br)c4)c(=O)n32)cc1. The number of hydrogen-bond donors (Lipinski definition) is 0. The van der Waals surface area contributed by atoms with Crippen molar-refractivity contribution in [1.29, 1.82) is 0 Å². The van der Waals surface area contributed by atoms with Crippen molar-refractivity contribution in [2.75, 3.05) is 7.11 Å². The molecule has 1 aliphatic heterocycles. The Balaban J connectivity index is 1.94. The van der Waals surface area contributed by atoms with Crippen molar-refractivity contribution in [2.45, 2.75) is 32.9 Å². The highest BCUT2D eigenvalue weighted by Crippen LogP contribution is 2.31. The van der Waals surface area contributed by atoms with E-state index in [2.05, 4.69) is 20.9 Å². The molecule has 1 unspecified atom stereocenters. The molecule has 4 rings (SSSR count). The van der Waals surface area contributed by atoms with E-state index < -0.39 is 12.0 Å². The molecule has 33 heavy (non-hydrogen) atoms. The van der Waals surface area contributed by atoms with E-state index in [4.69, 9.17) is 9.47 Å². The van der Waals surface area contributed by atoms with Crippen LogP contribution in [0.15, 0.2) is 74.1 Å². The molecular weight excluding hydrogens is 504 g/mol. The minimum Gasteiger partial charge on any atom is -0.497 e. The number of allylic oxidation sites excluding steroid dienone is 1. The van der Waals surface area contributed by atoms with Gasteiger partial charge in [-0.1, -0.05) is 51.5 Å². The number of hydrogen-bond acceptors (Lipinski definition) is 6. The molecule has 0 bridgehead atoms. The van der Waals surface area contributed by atoms with Crippen molar-refractivity contribution in [3.63, 3.8) is 0 Å². The number of rotatable bonds is 5. The van der Waals surface area contributed by atoms with E-state index in [-0.39, 0.29) is 11.7 Å². The molecule has 2 aromatic carbocycles. The van der Waals surface area contributed by atoms with Crippen LogP contribution in [-0.4, -0.2) is 23.8 Å². The number of ether oxygens (including phenoxy) is 2. The predicted octanol–water partition coefficient (Wildman–Crippen LogP) is 3.96. The van der Waals surface area contributed by atoms with Crippen molar-refractivity contribution < 1.29 is 14.3 Å². The Bertz CT molecular complexity index is 1420. The minimum absolute atomic E-state index is 0.207. The highest BCUT2D eigenvalue weighted by atomic mass is 79.9. The molecule has 0 aliphatic carbocycles. The van der Waals surface area contributed by atoms with Crippen molar-refractivity contribution in [3.05, 3.63) is 95.1 Å². The first kappa shape index (κ1) is 23.2. The molecule has 8 heteroatoms. The number of nitrogens with zero attached hydrogens (tertiary/aromatic N) is 2. The summed E-state index contributed by atoms with van der Waals surface area (Å²) in [5.41, 5.74) is 2.36. The third-order valence-electron chi connectivity index (χ3n) is 5.16. The lowest BCUT2D eigenvalue weighted by Gasteiger charge is -2.25. The maximum Gasteiger partial charge on any atom is 0.338 e. The van der Waals surface area contributed by atoms with Crippen molar-refractivity contribution in [3.8, 4) is 5.75 Å². The molecule has 0 N–H and O–H groups in total. The van der Waals surface area contributed by atoms with Crippen LogP contribution in [0, 0.1) is 0 Å². The fourth-order valence-electron chi connectivity index (χ4n) is 3.71. The molecule has 0 amide bonds. The van der Waals surface area contributed by atoms with Crippen LogP contribution in [0.5, 0.6) is 5.75 Å². The van der Waals surface area contributed by atoms with Gasteiger partial charge in [0.1, 0.15) is 5.75 Å². The van der Waals surface area contributed by atoms with Gasteiger partial charge in [-0.25, -0.2) is 9.79 Å². The van der Waals surface area contributed by atoms with Gasteiger partial charge in [0, 0.05) is 4.47 Å². The molecule has 170 valence electrons. The van der Waals surface area contributed by atoms with E-state index in [1.807, 2.05) is 54.6 Å². The largest absolute Gasteiger partial charge is 0.497 e. The Hall–Kier alpha value is -2.97. The zero-order valence-electron chi connectivity index (χ0n) is 18.7. The fourth-order valence-corrected chi connectivity index (χ4v) is 5.17. The molecule has 1 aromatic heterocycles. The maximum absolute atomic E-state index is 13.6. The maximum atomic E-state index is 13.6. The van der Waals surface area contributed by atoms with E-state index in [0.717, 1.165) is 15.6 Å². The summed E-state index contributed by atoms with van der Waals surface area (Å²) in [5, 5.41) is 0. The summed E-state index contributed by atoms with van der Waals surface area (Å²) < 4.78 is 13.8. The summed E-state index contributed by atoms with van der Waals surface area (Å²) in [7, 11) is 1.59. The number of esters is 1. The Morgan fingerprint density at radius 2 is 1.94 bits per heavy atom. The van der Waals surface area contributed by atoms with Gasteiger partial charge in [0.15, 0.2) is 4.80 Å². The quantitative estimate of drug-likeness (QED) is 0.472. The Morgan fingerprint density at radius 3 is 2.58 bits per heavy atom. The molecule has 0 saturated carbocycles. The smallest absolute Gasteiger partial charge is 0.338 e. The van der Waals surface area contributed by atoms with Gasteiger partial charge in [0.05, 0.1) is 35.1 Å². The molecule has 3 aromatic rings. The van der Waals surface area contributed by atoms with Gasteiger partial charge < -0.3 is 9.47 Å². The van der Waals surface area contributed by atoms with Crippen LogP contribution < -0.4 is 19.6 Å². The first-order valence-corrected chi connectivity index (χ1v) is 12.0. The Morgan fingerprint density at radius 1 is 1.21 bits per heavy atom. The lowest BCUT2D eigenvalue weighted by Crippen LogP contribution is -2.40. The van der Waals surface area contributed by atoms with Crippen molar-refractivity contribution >= 4 is 39.3 Å². The van der Waals surface area contributed by atoms with Crippen molar-refractivity contribution in [1.82, 2.24) is 4.57 Å². The fraction of sp³-hybridized carbons (Fsp3) is 0.240. The molecule has 0 saturated heterocycles. The molecule has 0 spiro atoms. The Kier molecular flexibility index (Phi) is 6.67. The first-order chi connectivity index (χ1) is 15.8. The lowest BCUT2D eigenvalue weighted by molar-refractivity contribution is -0.143. The predicted molar refractivity (Wildman–Crippen MR) is 132 cm³/mol. The summed E-state index contributed by atoms with van der Waals surface area (Å²) in [4.78, 5) is 31.8. The second-order valence-corrected chi connectivity index (χ2v) is 9.79. The second-order valence-electron chi connectivity index (χ2n) is 7.86. The second kappa shape index (κ2) is 9.49. The van der Waals surface area contributed by atoms with Crippen LogP contribution >= 0.6 is 27.3 Å². The number of carbonyl (C=O) groups is 1. The summed E-state index contributed by atoms with van der Waals surface area (Å²) in [6.07, 6.45) is 1.54. The summed E-state index contributed by atoms with van der Waals surface area (Å²) in [5.74, 6) is 0.209. The molecule has 1 atom stereocenters. The van der Waals surface area contributed by atoms with Crippen LogP contribution in [-0.2, 0) is 9.53 Å². The summed E-state index contributed by atoms with van der Waals surface area (Å²) in [6.45, 7) is 5.37. The van der Waals surface area contributed by atoms with Gasteiger partial charge in [-0.3, -0.25) is 9.36 Å². The van der Waals surface area contributed by atoms with Crippen LogP contribution in [0.2, 0.25) is 0 Å². The van der Waals surface area contributed by atoms with Gasteiger partial charge in [0.2, 0.25) is 0 Å². The standard InChI is InChI=1S/C25H23BrN2O4S/c1-14(2)32-24(30)21-15(3)27-25-28(22(21)17-8-10-19(31-4)11-9-17)23(29)20(33-25)13-16-6-5-7-18(26)12-16/h5-14,22H,1-4H3. The van der Waals surface area contributed by atoms with E-state index in [9.17, 15) is 9.59 Å². The van der Waals surface area contributed by atoms with E-state index >= 15 is 0 Å². The molecule has 1 aliphatic rings. The Labute approximate surface area is 203 Å². The summed E-state index contributed by atoms with van der Waals surface area (Å²) >= 11 is 4.77. The average molecular weight is 527 g/mol. The zero-order chi connectivity index (χ0) is 23.7. The highest BCUT2D eigenvalue weighted by molar-refractivity contribution is 9.10. The highest BCUT2D eigenvalue weighted by Gasteiger charge is 2.33. The zero-order valence-corrected chi connectivity index (χ0v) is 21.1. The van der Waals surface area contributed by atoms with Crippen LogP contribution in [0.3, 0.4) is 0 Å². The normalized spacial score (nSPS) is 15.9. The van der Waals surface area contributed by atoms with Crippen LogP contribution in [0.4, 0.5) is 0 Å². The van der Waals surface area contributed by atoms with Gasteiger partial charge in [-0.05, 0) is 62.2 Å². The molecule has 6 nitrogen and oxygen atoms in total. The first-order valence-electron chi connectivity index (χ1n) is 10.4. The van der Waals surface area contributed by atoms with E-state index in [1.54, 1.807) is 32.4 Å².